The predicted molar refractivity (Wildman–Crippen MR) is 81.5 cm³/mol. The van der Waals surface area contributed by atoms with Crippen molar-refractivity contribution in [3.63, 3.8) is 0 Å². The Balaban J connectivity index is 2.27. The molecule has 1 aliphatic heterocycles. The number of hydrogen-bond donors (Lipinski definition) is 1. The van der Waals surface area contributed by atoms with E-state index in [0.29, 0.717) is 5.56 Å². The molecule has 21 heavy (non-hydrogen) atoms. The van der Waals surface area contributed by atoms with E-state index >= 15 is 0 Å². The number of carbonyl (C=O) groups excluding carboxylic acids is 1. The minimum Gasteiger partial charge on any atom is -0.339 e. The molecule has 0 radical (unpaired) electrons. The third kappa shape index (κ3) is 4.28. The highest BCUT2D eigenvalue weighted by molar-refractivity contribution is 7.89. The summed E-state index contributed by atoms with van der Waals surface area (Å²) in [6.45, 7) is 3.23. The third-order valence-electron chi connectivity index (χ3n) is 3.77. The second-order valence-corrected chi connectivity index (χ2v) is 7.20. The van der Waals surface area contributed by atoms with E-state index in [9.17, 15) is 13.2 Å². The van der Waals surface area contributed by atoms with Crippen molar-refractivity contribution in [1.82, 2.24) is 4.90 Å². The van der Waals surface area contributed by atoms with Crippen molar-refractivity contribution in [2.45, 2.75) is 43.9 Å². The normalized spacial score (nSPS) is 17.1. The fourth-order valence-electron chi connectivity index (χ4n) is 2.67. The fraction of sp³-hybridized carbons (Fsp3) is 0.533. The molecule has 0 aromatic heterocycles. The molecular weight excluding hydrogens is 288 g/mol. The zero-order chi connectivity index (χ0) is 15.5. The lowest BCUT2D eigenvalue weighted by Gasteiger charge is -2.25. The lowest BCUT2D eigenvalue weighted by Crippen LogP contribution is -2.34. The SMILES string of the molecule is Cc1cc(C(=O)N2CCCCCCC2)cc(S(N)(=O)=O)c1. The van der Waals surface area contributed by atoms with E-state index in [-0.39, 0.29) is 10.8 Å². The Morgan fingerprint density at radius 2 is 1.62 bits per heavy atom. The molecule has 0 atom stereocenters. The smallest absolute Gasteiger partial charge is 0.253 e. The van der Waals surface area contributed by atoms with E-state index in [1.807, 2.05) is 4.90 Å². The molecule has 1 aliphatic rings. The van der Waals surface area contributed by atoms with Crippen LogP contribution in [0.4, 0.5) is 0 Å². The number of likely N-dealkylation sites (tertiary alicyclic amines) is 1. The highest BCUT2D eigenvalue weighted by Gasteiger charge is 2.19. The van der Waals surface area contributed by atoms with Crippen LogP contribution in [0, 0.1) is 6.92 Å². The van der Waals surface area contributed by atoms with Gasteiger partial charge in [-0.05, 0) is 43.5 Å². The van der Waals surface area contributed by atoms with Gasteiger partial charge in [0.25, 0.3) is 5.91 Å². The number of hydrogen-bond acceptors (Lipinski definition) is 3. The molecule has 5 nitrogen and oxygen atoms in total. The van der Waals surface area contributed by atoms with Crippen molar-refractivity contribution >= 4 is 15.9 Å². The topological polar surface area (TPSA) is 80.5 Å². The van der Waals surface area contributed by atoms with E-state index in [0.717, 1.165) is 44.3 Å². The van der Waals surface area contributed by atoms with Gasteiger partial charge in [-0.2, -0.15) is 0 Å². The Morgan fingerprint density at radius 3 is 2.19 bits per heavy atom. The predicted octanol–water partition coefficient (Wildman–Crippen LogP) is 2.05. The average molecular weight is 310 g/mol. The van der Waals surface area contributed by atoms with Crippen molar-refractivity contribution in [1.29, 1.82) is 0 Å². The number of aryl methyl sites for hydroxylation is 1. The van der Waals surface area contributed by atoms with Crippen molar-refractivity contribution in [3.05, 3.63) is 29.3 Å². The second-order valence-electron chi connectivity index (χ2n) is 5.64. The third-order valence-corrected chi connectivity index (χ3v) is 4.66. The first-order chi connectivity index (χ1) is 9.88. The van der Waals surface area contributed by atoms with Gasteiger partial charge in [-0.15, -0.1) is 0 Å². The van der Waals surface area contributed by atoms with Crippen LogP contribution in [0.25, 0.3) is 0 Å². The van der Waals surface area contributed by atoms with Gasteiger partial charge in [-0.1, -0.05) is 19.3 Å². The first-order valence-corrected chi connectivity index (χ1v) is 8.86. The first kappa shape index (κ1) is 16.0. The largest absolute Gasteiger partial charge is 0.339 e. The maximum absolute atomic E-state index is 12.6. The van der Waals surface area contributed by atoms with Crippen molar-refractivity contribution < 1.29 is 13.2 Å². The molecule has 1 aromatic rings. The van der Waals surface area contributed by atoms with Crippen LogP contribution in [-0.4, -0.2) is 32.3 Å². The number of benzene rings is 1. The molecule has 0 unspecified atom stereocenters. The molecule has 0 bridgehead atoms. The summed E-state index contributed by atoms with van der Waals surface area (Å²) in [4.78, 5) is 14.4. The number of carbonyl (C=O) groups is 1. The van der Waals surface area contributed by atoms with Gasteiger partial charge >= 0.3 is 0 Å². The molecule has 0 spiro atoms. The van der Waals surface area contributed by atoms with Gasteiger partial charge < -0.3 is 4.90 Å². The molecule has 0 aliphatic carbocycles. The van der Waals surface area contributed by atoms with Gasteiger partial charge in [0.1, 0.15) is 0 Å². The molecule has 1 saturated heterocycles. The minimum atomic E-state index is -3.80. The molecule has 6 heteroatoms. The maximum Gasteiger partial charge on any atom is 0.253 e. The molecular formula is C15H22N2O3S. The molecule has 0 saturated carbocycles. The number of primary sulfonamides is 1. The summed E-state index contributed by atoms with van der Waals surface area (Å²) in [6, 6.07) is 4.58. The summed E-state index contributed by atoms with van der Waals surface area (Å²) in [5.41, 5.74) is 1.12. The molecule has 2 rings (SSSR count). The number of nitrogens with zero attached hydrogens (tertiary/aromatic N) is 1. The summed E-state index contributed by atoms with van der Waals surface area (Å²) in [5.74, 6) is -0.106. The fourth-order valence-corrected chi connectivity index (χ4v) is 3.31. The van der Waals surface area contributed by atoms with E-state index in [1.54, 1.807) is 13.0 Å². The van der Waals surface area contributed by atoms with Gasteiger partial charge in [-0.3, -0.25) is 4.79 Å². The van der Waals surface area contributed by atoms with E-state index in [1.165, 1.54) is 18.6 Å². The summed E-state index contributed by atoms with van der Waals surface area (Å²) in [5, 5.41) is 5.17. The highest BCUT2D eigenvalue weighted by Crippen LogP contribution is 2.18. The first-order valence-electron chi connectivity index (χ1n) is 7.32. The van der Waals surface area contributed by atoms with E-state index < -0.39 is 10.0 Å². The second kappa shape index (κ2) is 6.58. The summed E-state index contributed by atoms with van der Waals surface area (Å²) in [7, 11) is -3.80. The van der Waals surface area contributed by atoms with Crippen molar-refractivity contribution in [2.75, 3.05) is 13.1 Å². The van der Waals surface area contributed by atoms with Crippen LogP contribution in [0.5, 0.6) is 0 Å². The summed E-state index contributed by atoms with van der Waals surface area (Å²) in [6.07, 6.45) is 5.50. The Kier molecular flexibility index (Phi) is 5.00. The van der Waals surface area contributed by atoms with Crippen LogP contribution < -0.4 is 5.14 Å². The summed E-state index contributed by atoms with van der Waals surface area (Å²) >= 11 is 0. The molecule has 1 heterocycles. The lowest BCUT2D eigenvalue weighted by molar-refractivity contribution is 0.0742. The van der Waals surface area contributed by atoms with Crippen molar-refractivity contribution in [2.24, 2.45) is 5.14 Å². The quantitative estimate of drug-likeness (QED) is 0.907. The Bertz CT molecular complexity index is 618. The zero-order valence-electron chi connectivity index (χ0n) is 12.3. The van der Waals surface area contributed by atoms with Crippen LogP contribution in [0.15, 0.2) is 23.1 Å². The van der Waals surface area contributed by atoms with Crippen LogP contribution in [0.2, 0.25) is 0 Å². The van der Waals surface area contributed by atoms with Gasteiger partial charge in [-0.25, -0.2) is 13.6 Å². The van der Waals surface area contributed by atoms with Crippen LogP contribution in [-0.2, 0) is 10.0 Å². The number of rotatable bonds is 2. The zero-order valence-corrected chi connectivity index (χ0v) is 13.2. The van der Waals surface area contributed by atoms with Gasteiger partial charge in [0.05, 0.1) is 4.90 Å². The van der Waals surface area contributed by atoms with E-state index in [2.05, 4.69) is 0 Å². The van der Waals surface area contributed by atoms with Crippen LogP contribution >= 0.6 is 0 Å². The van der Waals surface area contributed by atoms with Crippen LogP contribution in [0.3, 0.4) is 0 Å². The van der Waals surface area contributed by atoms with Gasteiger partial charge in [0.15, 0.2) is 0 Å². The van der Waals surface area contributed by atoms with Gasteiger partial charge in [0, 0.05) is 18.7 Å². The molecule has 1 aromatic carbocycles. The number of sulfonamides is 1. The highest BCUT2D eigenvalue weighted by atomic mass is 32.2. The molecule has 116 valence electrons. The van der Waals surface area contributed by atoms with Gasteiger partial charge in [0.2, 0.25) is 10.0 Å². The standard InChI is InChI=1S/C15H22N2O3S/c1-12-9-13(11-14(10-12)21(16,19)20)15(18)17-7-5-3-2-4-6-8-17/h9-11H,2-8H2,1H3,(H2,16,19,20). The molecule has 2 N–H and O–H groups in total. The number of nitrogens with two attached hydrogens (primary N) is 1. The monoisotopic (exact) mass is 310 g/mol. The minimum absolute atomic E-state index is 0.00195. The Hall–Kier alpha value is -1.40. The Morgan fingerprint density at radius 1 is 1.05 bits per heavy atom. The molecule has 1 amide bonds. The van der Waals surface area contributed by atoms with Crippen molar-refractivity contribution in [3.8, 4) is 0 Å². The van der Waals surface area contributed by atoms with E-state index in [4.69, 9.17) is 5.14 Å². The number of amides is 1. The maximum atomic E-state index is 12.6. The average Bonchev–Trinajstić information content (AvgIpc) is 2.36. The molecule has 1 fully saturated rings. The Labute approximate surface area is 126 Å². The summed E-state index contributed by atoms with van der Waals surface area (Å²) < 4.78 is 23.0. The van der Waals surface area contributed by atoms with Crippen LogP contribution in [0.1, 0.15) is 48.0 Å². The lowest BCUT2D eigenvalue weighted by atomic mass is 10.1.